The molecule has 0 heterocycles. The predicted octanol–water partition coefficient (Wildman–Crippen LogP) is 6.72. The molecule has 0 amide bonds. The van der Waals surface area contributed by atoms with Gasteiger partial charge in [0.1, 0.15) is 0 Å². The van der Waals surface area contributed by atoms with E-state index in [0.29, 0.717) is 0 Å². The van der Waals surface area contributed by atoms with Gasteiger partial charge in [0.2, 0.25) is 0 Å². The zero-order chi connectivity index (χ0) is 17.9. The smallest absolute Gasteiger partial charge is 0.157 e. The molecule has 0 rings (SSSR count). The predicted molar refractivity (Wildman–Crippen MR) is 99.6 cm³/mol. The first-order valence-corrected chi connectivity index (χ1v) is 9.97. The quantitative estimate of drug-likeness (QED) is 0.232. The average Bonchev–Trinajstić information content (AvgIpc) is 2.61. The Morgan fingerprint density at radius 1 is 0.583 bits per heavy atom. The molecular weight excluding hydrogens is 296 g/mol. The number of hydrogen-bond donors (Lipinski definition) is 0. The Balaban J connectivity index is 3.88. The van der Waals surface area contributed by atoms with Crippen LogP contribution in [0.25, 0.3) is 0 Å². The van der Waals surface area contributed by atoms with E-state index in [1.54, 1.807) is 0 Å². The van der Waals surface area contributed by atoms with Crippen molar-refractivity contribution in [3.63, 3.8) is 0 Å². The molecule has 0 aliphatic rings. The summed E-state index contributed by atoms with van der Waals surface area (Å²) < 4.78 is 0. The van der Waals surface area contributed by atoms with Crippen molar-refractivity contribution >= 4 is 0 Å². The van der Waals surface area contributed by atoms with E-state index in [2.05, 4.69) is 36.2 Å². The highest BCUT2D eigenvalue weighted by molar-refractivity contribution is 4.92. The summed E-state index contributed by atoms with van der Waals surface area (Å²) in [6.07, 6.45) is 16.0. The molecule has 0 radical (unpaired) electrons. The third-order valence-electron chi connectivity index (χ3n) is 4.31. The van der Waals surface area contributed by atoms with E-state index in [4.69, 9.17) is 10.5 Å². The lowest BCUT2D eigenvalue weighted by molar-refractivity contribution is 0.542. The fraction of sp³-hybridized carbons (Fsp3) is 0.900. The van der Waals surface area contributed by atoms with Gasteiger partial charge in [0, 0.05) is 0 Å². The topological polar surface area (TPSA) is 72.3 Å². The molecule has 2 atom stereocenters. The fourth-order valence-electron chi connectivity index (χ4n) is 2.69. The van der Waals surface area contributed by atoms with E-state index in [1.807, 2.05) is 0 Å². The van der Waals surface area contributed by atoms with Gasteiger partial charge >= 0.3 is 0 Å². The van der Waals surface area contributed by atoms with E-state index in [1.165, 1.54) is 51.4 Å². The third kappa shape index (κ3) is 14.2. The minimum Gasteiger partial charge on any atom is -0.196 e. The summed E-state index contributed by atoms with van der Waals surface area (Å²) >= 11 is 0. The Hall–Kier alpha value is -1.42. The summed E-state index contributed by atoms with van der Waals surface area (Å²) in [6, 6.07) is 3.65. The normalized spacial score (nSPS) is 13.5. The van der Waals surface area contributed by atoms with Gasteiger partial charge in [0.05, 0.1) is 12.1 Å². The van der Waals surface area contributed by atoms with Gasteiger partial charge < -0.3 is 0 Å². The van der Waals surface area contributed by atoms with Gasteiger partial charge in [0.15, 0.2) is 12.1 Å². The third-order valence-corrected chi connectivity index (χ3v) is 4.31. The molecule has 0 aliphatic carbocycles. The minimum absolute atomic E-state index is 0.378. The number of azo groups is 1. The van der Waals surface area contributed by atoms with Crippen molar-refractivity contribution in [2.24, 2.45) is 10.2 Å². The highest BCUT2D eigenvalue weighted by atomic mass is 15.1. The molecule has 0 N–H and O–H groups in total. The maximum atomic E-state index is 9.16. The van der Waals surface area contributed by atoms with Crippen LogP contribution in [0.5, 0.6) is 0 Å². The van der Waals surface area contributed by atoms with Crippen LogP contribution in [0, 0.1) is 22.7 Å². The molecule has 4 nitrogen and oxygen atoms in total. The zero-order valence-corrected chi connectivity index (χ0v) is 15.8. The number of unbranched alkanes of at least 4 members (excludes halogenated alkanes) is 10. The number of hydrogen-bond acceptors (Lipinski definition) is 4. The van der Waals surface area contributed by atoms with E-state index in [9.17, 15) is 0 Å². The van der Waals surface area contributed by atoms with Crippen molar-refractivity contribution in [3.8, 4) is 12.1 Å². The minimum atomic E-state index is -0.378. The van der Waals surface area contributed by atoms with Crippen LogP contribution in [0.1, 0.15) is 104 Å². The molecule has 0 aromatic heterocycles. The van der Waals surface area contributed by atoms with Crippen molar-refractivity contribution in [3.05, 3.63) is 0 Å². The van der Waals surface area contributed by atoms with Crippen LogP contribution in [-0.2, 0) is 0 Å². The molecule has 0 spiro atoms. The lowest BCUT2D eigenvalue weighted by atomic mass is 10.1. The number of nitriles is 2. The Morgan fingerprint density at radius 2 is 0.917 bits per heavy atom. The molecule has 4 heteroatoms. The highest BCUT2D eigenvalue weighted by Crippen LogP contribution is 2.13. The summed E-state index contributed by atoms with van der Waals surface area (Å²) in [6.45, 7) is 4.42. The molecule has 0 saturated heterocycles. The van der Waals surface area contributed by atoms with Crippen molar-refractivity contribution in [2.75, 3.05) is 0 Å². The molecule has 0 aliphatic heterocycles. The molecule has 0 saturated carbocycles. The zero-order valence-electron chi connectivity index (χ0n) is 15.8. The Bertz CT molecular complexity index is 342. The molecule has 0 aromatic carbocycles. The van der Waals surface area contributed by atoms with Crippen LogP contribution in [-0.4, -0.2) is 12.1 Å². The second kappa shape index (κ2) is 17.9. The SMILES string of the molecule is CCCCCCCCC(C#N)/N=N\C(C#N)CCCCCCCC. The van der Waals surface area contributed by atoms with Crippen LogP contribution in [0.2, 0.25) is 0 Å². The molecule has 24 heavy (non-hydrogen) atoms. The fourth-order valence-corrected chi connectivity index (χ4v) is 2.69. The van der Waals surface area contributed by atoms with Crippen LogP contribution < -0.4 is 0 Å². The van der Waals surface area contributed by atoms with Crippen molar-refractivity contribution < 1.29 is 0 Å². The highest BCUT2D eigenvalue weighted by Gasteiger charge is 2.08. The van der Waals surface area contributed by atoms with Crippen LogP contribution in [0.3, 0.4) is 0 Å². The van der Waals surface area contributed by atoms with Crippen LogP contribution >= 0.6 is 0 Å². The summed E-state index contributed by atoms with van der Waals surface area (Å²) in [7, 11) is 0. The first kappa shape index (κ1) is 22.6. The summed E-state index contributed by atoms with van der Waals surface area (Å²) in [5, 5.41) is 26.6. The first-order chi connectivity index (χ1) is 11.8. The molecule has 0 fully saturated rings. The van der Waals surface area contributed by atoms with Crippen molar-refractivity contribution in [2.45, 2.75) is 116 Å². The van der Waals surface area contributed by atoms with E-state index >= 15 is 0 Å². The second-order valence-electron chi connectivity index (χ2n) is 6.63. The average molecular weight is 333 g/mol. The van der Waals surface area contributed by atoms with Gasteiger partial charge in [-0.1, -0.05) is 90.9 Å². The van der Waals surface area contributed by atoms with Gasteiger partial charge in [-0.25, -0.2) is 0 Å². The molecule has 2 unspecified atom stereocenters. The maximum Gasteiger partial charge on any atom is 0.157 e. The Labute approximate surface area is 149 Å². The summed E-state index contributed by atoms with van der Waals surface area (Å²) in [4.78, 5) is 0. The first-order valence-electron chi connectivity index (χ1n) is 9.97. The van der Waals surface area contributed by atoms with Crippen molar-refractivity contribution in [1.29, 1.82) is 10.5 Å². The largest absolute Gasteiger partial charge is 0.196 e. The molecule has 136 valence electrons. The van der Waals surface area contributed by atoms with E-state index in [0.717, 1.165) is 38.5 Å². The van der Waals surface area contributed by atoms with Gasteiger partial charge in [-0.2, -0.15) is 20.8 Å². The lowest BCUT2D eigenvalue weighted by Gasteiger charge is -2.05. The van der Waals surface area contributed by atoms with E-state index in [-0.39, 0.29) is 12.1 Å². The van der Waals surface area contributed by atoms with E-state index < -0.39 is 0 Å². The van der Waals surface area contributed by atoms with Gasteiger partial charge in [-0.05, 0) is 12.8 Å². The standard InChI is InChI=1S/C20H36N4/c1-3-5-7-9-11-13-15-19(17-21)23-24-20(18-22)16-14-12-10-8-6-4-2/h19-20H,3-16H2,1-2H3/b24-23-. The van der Waals surface area contributed by atoms with Crippen molar-refractivity contribution in [1.82, 2.24) is 0 Å². The van der Waals surface area contributed by atoms with Gasteiger partial charge in [-0.3, -0.25) is 0 Å². The molecule has 0 bridgehead atoms. The molecular formula is C20H36N4. The lowest BCUT2D eigenvalue weighted by Crippen LogP contribution is -2.04. The van der Waals surface area contributed by atoms with Gasteiger partial charge in [-0.15, -0.1) is 0 Å². The molecule has 0 aromatic rings. The monoisotopic (exact) mass is 332 g/mol. The Kier molecular flexibility index (Phi) is 16.9. The number of nitrogens with zero attached hydrogens (tertiary/aromatic N) is 4. The Morgan fingerprint density at radius 3 is 1.25 bits per heavy atom. The maximum absolute atomic E-state index is 9.16. The van der Waals surface area contributed by atoms with Gasteiger partial charge in [0.25, 0.3) is 0 Å². The van der Waals surface area contributed by atoms with Crippen LogP contribution in [0.4, 0.5) is 0 Å². The summed E-state index contributed by atoms with van der Waals surface area (Å²) in [5.74, 6) is 0. The summed E-state index contributed by atoms with van der Waals surface area (Å²) in [5.41, 5.74) is 0. The van der Waals surface area contributed by atoms with Crippen LogP contribution in [0.15, 0.2) is 10.2 Å². The number of rotatable bonds is 16. The second-order valence-corrected chi connectivity index (χ2v) is 6.63.